The Morgan fingerprint density at radius 2 is 2.22 bits per heavy atom. The molecule has 0 radical (unpaired) electrons. The number of hydrogen-bond donors (Lipinski definition) is 1. The first-order valence-corrected chi connectivity index (χ1v) is 8.67. The summed E-state index contributed by atoms with van der Waals surface area (Å²) < 4.78 is 24.6. The van der Waals surface area contributed by atoms with E-state index in [9.17, 15) is 8.42 Å². The highest BCUT2D eigenvalue weighted by Gasteiger charge is 2.23. The summed E-state index contributed by atoms with van der Waals surface area (Å²) in [4.78, 5) is 5.48. The predicted octanol–water partition coefficient (Wildman–Crippen LogP) is 1.06. The van der Waals surface area contributed by atoms with Crippen molar-refractivity contribution >= 4 is 26.1 Å². The maximum Gasteiger partial charge on any atom is 0.193 e. The molecule has 0 unspecified atom stereocenters. The maximum atomic E-state index is 11.3. The van der Waals surface area contributed by atoms with Gasteiger partial charge in [-0.25, -0.2) is 13.4 Å². The quantitative estimate of drug-likeness (QED) is 0.916. The van der Waals surface area contributed by atoms with Crippen LogP contribution in [0.25, 0.3) is 4.96 Å². The lowest BCUT2D eigenvalue weighted by atomic mass is 10.1. The van der Waals surface area contributed by atoms with Crippen LogP contribution in [0.4, 0.5) is 0 Å². The predicted molar refractivity (Wildman–Crippen MR) is 71.6 cm³/mol. The van der Waals surface area contributed by atoms with Crippen LogP contribution in [0.15, 0.2) is 17.8 Å². The van der Waals surface area contributed by atoms with Gasteiger partial charge in [-0.3, -0.25) is 4.40 Å². The standard InChI is InChI=1S/C11H15N3O2S2/c15-18(16)5-1-9(2-6-18)12-7-10-8-14-3-4-17-11(14)13-10/h3-4,8-9,12H,1-2,5-7H2. The van der Waals surface area contributed by atoms with Crippen LogP contribution in [0.5, 0.6) is 0 Å². The summed E-state index contributed by atoms with van der Waals surface area (Å²) in [5.41, 5.74) is 1.01. The molecule has 0 bridgehead atoms. The number of thiazole rings is 1. The molecular weight excluding hydrogens is 270 g/mol. The zero-order valence-corrected chi connectivity index (χ0v) is 11.5. The molecule has 0 saturated carbocycles. The van der Waals surface area contributed by atoms with E-state index in [0.29, 0.717) is 36.9 Å². The van der Waals surface area contributed by atoms with Crippen LogP contribution in [-0.4, -0.2) is 35.4 Å². The van der Waals surface area contributed by atoms with Gasteiger partial charge in [-0.15, -0.1) is 11.3 Å². The van der Waals surface area contributed by atoms with Crippen LogP contribution in [-0.2, 0) is 16.4 Å². The third-order valence-corrected chi connectivity index (χ3v) is 5.76. The molecule has 1 saturated heterocycles. The van der Waals surface area contributed by atoms with E-state index in [1.54, 1.807) is 11.3 Å². The number of hydrogen-bond acceptors (Lipinski definition) is 5. The normalized spacial score (nSPS) is 20.4. The van der Waals surface area contributed by atoms with Crippen LogP contribution in [0, 0.1) is 0 Å². The number of fused-ring (bicyclic) bond motifs is 1. The van der Waals surface area contributed by atoms with Crippen LogP contribution < -0.4 is 5.32 Å². The van der Waals surface area contributed by atoms with Crippen molar-refractivity contribution in [2.24, 2.45) is 0 Å². The Morgan fingerprint density at radius 3 is 2.94 bits per heavy atom. The minimum atomic E-state index is -2.77. The summed E-state index contributed by atoms with van der Waals surface area (Å²) >= 11 is 1.61. The summed E-state index contributed by atoms with van der Waals surface area (Å²) in [5, 5.41) is 5.40. The van der Waals surface area contributed by atoms with Gasteiger partial charge in [-0.05, 0) is 12.8 Å². The molecular formula is C11H15N3O2S2. The monoisotopic (exact) mass is 285 g/mol. The SMILES string of the molecule is O=S1(=O)CCC(NCc2cn3ccsc3n2)CC1. The van der Waals surface area contributed by atoms with E-state index in [-0.39, 0.29) is 0 Å². The van der Waals surface area contributed by atoms with Gasteiger partial charge in [0.05, 0.1) is 17.2 Å². The summed E-state index contributed by atoms with van der Waals surface area (Å²) in [6, 6.07) is 0.299. The van der Waals surface area contributed by atoms with Crippen LogP contribution in [0.3, 0.4) is 0 Å². The van der Waals surface area contributed by atoms with E-state index in [0.717, 1.165) is 10.7 Å². The van der Waals surface area contributed by atoms with Gasteiger partial charge in [0, 0.05) is 30.4 Å². The minimum absolute atomic E-state index is 0.299. The Morgan fingerprint density at radius 1 is 1.44 bits per heavy atom. The molecule has 5 nitrogen and oxygen atoms in total. The smallest absolute Gasteiger partial charge is 0.193 e. The number of sulfone groups is 1. The molecule has 0 aromatic carbocycles. The molecule has 0 spiro atoms. The van der Waals surface area contributed by atoms with E-state index in [2.05, 4.69) is 10.3 Å². The Kier molecular flexibility index (Phi) is 3.13. The van der Waals surface area contributed by atoms with Crippen molar-refractivity contribution in [1.29, 1.82) is 0 Å². The zero-order chi connectivity index (χ0) is 12.6. The minimum Gasteiger partial charge on any atom is -0.308 e. The van der Waals surface area contributed by atoms with E-state index < -0.39 is 9.84 Å². The molecule has 3 rings (SSSR count). The first kappa shape index (κ1) is 12.1. The molecule has 1 aliphatic rings. The summed E-state index contributed by atoms with van der Waals surface area (Å²) in [6.07, 6.45) is 5.43. The topological polar surface area (TPSA) is 63.5 Å². The van der Waals surface area contributed by atoms with E-state index in [1.807, 2.05) is 22.2 Å². The van der Waals surface area contributed by atoms with Gasteiger partial charge in [0.2, 0.25) is 0 Å². The number of imidazole rings is 1. The Hall–Kier alpha value is -0.920. The molecule has 0 aliphatic carbocycles. The molecule has 1 N–H and O–H groups in total. The van der Waals surface area contributed by atoms with Crippen molar-refractivity contribution < 1.29 is 8.42 Å². The molecule has 2 aromatic rings. The fraction of sp³-hybridized carbons (Fsp3) is 0.545. The van der Waals surface area contributed by atoms with Gasteiger partial charge in [-0.1, -0.05) is 0 Å². The summed E-state index contributed by atoms with van der Waals surface area (Å²) in [6.45, 7) is 0.707. The molecule has 0 amide bonds. The lowest BCUT2D eigenvalue weighted by molar-refractivity contribution is 0.461. The highest BCUT2D eigenvalue weighted by Crippen LogP contribution is 2.14. The van der Waals surface area contributed by atoms with Crippen molar-refractivity contribution in [2.45, 2.75) is 25.4 Å². The molecule has 3 heterocycles. The van der Waals surface area contributed by atoms with Crippen LogP contribution in [0.1, 0.15) is 18.5 Å². The fourth-order valence-electron chi connectivity index (χ4n) is 2.20. The van der Waals surface area contributed by atoms with Crippen LogP contribution in [0.2, 0.25) is 0 Å². The second kappa shape index (κ2) is 4.64. The van der Waals surface area contributed by atoms with Crippen molar-refractivity contribution in [3.8, 4) is 0 Å². The first-order chi connectivity index (χ1) is 8.62. The molecule has 18 heavy (non-hydrogen) atoms. The molecule has 7 heteroatoms. The van der Waals surface area contributed by atoms with Gasteiger partial charge in [0.15, 0.2) is 4.96 Å². The molecule has 0 atom stereocenters. The van der Waals surface area contributed by atoms with E-state index in [1.165, 1.54) is 0 Å². The third kappa shape index (κ3) is 2.57. The molecule has 1 fully saturated rings. The maximum absolute atomic E-state index is 11.3. The van der Waals surface area contributed by atoms with Crippen molar-refractivity contribution in [2.75, 3.05) is 11.5 Å². The average molecular weight is 285 g/mol. The number of nitrogens with zero attached hydrogens (tertiary/aromatic N) is 2. The number of rotatable bonds is 3. The van der Waals surface area contributed by atoms with Gasteiger partial charge in [0.1, 0.15) is 9.84 Å². The molecule has 98 valence electrons. The third-order valence-electron chi connectivity index (χ3n) is 3.27. The Labute approximate surface area is 110 Å². The average Bonchev–Trinajstić information content (AvgIpc) is 2.88. The van der Waals surface area contributed by atoms with Gasteiger partial charge in [-0.2, -0.15) is 0 Å². The Balaban J connectivity index is 1.57. The first-order valence-electron chi connectivity index (χ1n) is 5.97. The zero-order valence-electron chi connectivity index (χ0n) is 9.87. The van der Waals surface area contributed by atoms with Gasteiger partial charge < -0.3 is 5.32 Å². The highest BCUT2D eigenvalue weighted by atomic mass is 32.2. The van der Waals surface area contributed by atoms with Crippen LogP contribution >= 0.6 is 11.3 Å². The van der Waals surface area contributed by atoms with Crippen molar-refractivity contribution in [3.05, 3.63) is 23.5 Å². The molecule has 1 aliphatic heterocycles. The van der Waals surface area contributed by atoms with E-state index in [4.69, 9.17) is 0 Å². The van der Waals surface area contributed by atoms with Gasteiger partial charge >= 0.3 is 0 Å². The number of aromatic nitrogens is 2. The lowest BCUT2D eigenvalue weighted by Crippen LogP contribution is -2.37. The summed E-state index contributed by atoms with van der Waals surface area (Å²) in [5.74, 6) is 0.617. The van der Waals surface area contributed by atoms with Crippen molar-refractivity contribution in [1.82, 2.24) is 14.7 Å². The van der Waals surface area contributed by atoms with E-state index >= 15 is 0 Å². The number of nitrogens with one attached hydrogen (secondary N) is 1. The fourth-order valence-corrected chi connectivity index (χ4v) is 4.41. The second-order valence-electron chi connectivity index (χ2n) is 4.63. The highest BCUT2D eigenvalue weighted by molar-refractivity contribution is 7.91. The lowest BCUT2D eigenvalue weighted by Gasteiger charge is -2.22. The van der Waals surface area contributed by atoms with Gasteiger partial charge in [0.25, 0.3) is 0 Å². The summed E-state index contributed by atoms with van der Waals surface area (Å²) in [7, 11) is -2.77. The van der Waals surface area contributed by atoms with Crippen molar-refractivity contribution in [3.63, 3.8) is 0 Å². The second-order valence-corrected chi connectivity index (χ2v) is 7.81. The molecule has 2 aromatic heterocycles. The Bertz CT molecular complexity index is 602. The largest absolute Gasteiger partial charge is 0.308 e.